The van der Waals surface area contributed by atoms with Crippen molar-refractivity contribution in [3.8, 4) is 5.69 Å². The van der Waals surface area contributed by atoms with Gasteiger partial charge in [-0.05, 0) is 87.2 Å². The van der Waals surface area contributed by atoms with E-state index in [0.717, 1.165) is 49.9 Å². The predicted molar refractivity (Wildman–Crippen MR) is 164 cm³/mol. The first-order valence-corrected chi connectivity index (χ1v) is 15.3. The van der Waals surface area contributed by atoms with Crippen LogP contribution in [0.4, 0.5) is 4.39 Å². The molecule has 3 aromatic rings. The van der Waals surface area contributed by atoms with Crippen LogP contribution in [0.1, 0.15) is 68.4 Å². The molecule has 42 heavy (non-hydrogen) atoms. The number of methoxy groups -OCH3 is 2. The molecular formula is C34H47FN4O3. The predicted octanol–water partition coefficient (Wildman–Crippen LogP) is 6.24. The molecule has 2 fully saturated rings. The lowest BCUT2D eigenvalue weighted by molar-refractivity contribution is -0.278. The maximum atomic E-state index is 14.5. The summed E-state index contributed by atoms with van der Waals surface area (Å²) in [7, 11) is 5.26. The van der Waals surface area contributed by atoms with Gasteiger partial charge in [0.15, 0.2) is 5.79 Å². The van der Waals surface area contributed by atoms with Crippen molar-refractivity contribution in [2.24, 2.45) is 17.8 Å². The van der Waals surface area contributed by atoms with Gasteiger partial charge >= 0.3 is 0 Å². The summed E-state index contributed by atoms with van der Waals surface area (Å²) in [5, 5.41) is 1.17. The number of pyridine rings is 1. The van der Waals surface area contributed by atoms with Crippen LogP contribution in [0, 0.1) is 30.5 Å². The first kappa shape index (κ1) is 30.6. The van der Waals surface area contributed by atoms with E-state index in [9.17, 15) is 9.18 Å². The van der Waals surface area contributed by atoms with E-state index in [0.29, 0.717) is 35.0 Å². The minimum absolute atomic E-state index is 0.00479. The van der Waals surface area contributed by atoms with Crippen molar-refractivity contribution in [3.05, 3.63) is 59.3 Å². The fraction of sp³-hybridized carbons (Fsp3) is 0.588. The van der Waals surface area contributed by atoms with Crippen molar-refractivity contribution < 1.29 is 18.7 Å². The van der Waals surface area contributed by atoms with Gasteiger partial charge in [-0.3, -0.25) is 14.7 Å². The minimum atomic E-state index is -0.422. The summed E-state index contributed by atoms with van der Waals surface area (Å²) < 4.78 is 27.9. The number of halogens is 1. The fourth-order valence-corrected chi connectivity index (χ4v) is 7.38. The van der Waals surface area contributed by atoms with Crippen LogP contribution < -0.4 is 0 Å². The molecule has 7 nitrogen and oxygen atoms in total. The molecule has 1 saturated carbocycles. The summed E-state index contributed by atoms with van der Waals surface area (Å²) in [5.41, 5.74) is 4.33. The van der Waals surface area contributed by atoms with E-state index >= 15 is 0 Å². The number of benzene rings is 1. The quantitative estimate of drug-likeness (QED) is 0.267. The van der Waals surface area contributed by atoms with E-state index in [1.807, 2.05) is 30.8 Å². The molecule has 1 aliphatic heterocycles. The standard InChI is InChI=1S/C34H47FN4O3/c1-21(2)32(26-15-34(16-26,41-7)42-8)38-12-11-24(19-38)13-25-20-39(30-18-36-17-23(5)31(25)30)29-10-9-27(35)14-28(29)33(40)37(6)22(3)4/h9-10,14,17-18,20-22,24,26,32H,11-13,15-16,19H2,1-8H3/t24-,32?/m1/s1. The number of hydrogen-bond donors (Lipinski definition) is 0. The van der Waals surface area contributed by atoms with Crippen LogP contribution in [0.15, 0.2) is 36.8 Å². The number of aromatic nitrogens is 2. The molecule has 1 aromatic carbocycles. The van der Waals surface area contributed by atoms with Crippen LogP contribution in [0.3, 0.4) is 0 Å². The molecule has 0 spiro atoms. The average Bonchev–Trinajstić information content (AvgIpc) is 3.54. The topological polar surface area (TPSA) is 59.8 Å². The summed E-state index contributed by atoms with van der Waals surface area (Å²) in [5.74, 6) is 0.599. The summed E-state index contributed by atoms with van der Waals surface area (Å²) in [6.45, 7) is 12.8. The number of carbonyl (C=O) groups excluding carboxylic acids is 1. The summed E-state index contributed by atoms with van der Waals surface area (Å²) in [4.78, 5) is 22.3. The number of fused-ring (bicyclic) bond motifs is 1. The first-order chi connectivity index (χ1) is 20.0. The number of nitrogens with zero attached hydrogens (tertiary/aromatic N) is 4. The lowest BCUT2D eigenvalue weighted by Gasteiger charge is -2.51. The molecule has 1 aliphatic carbocycles. The van der Waals surface area contributed by atoms with Gasteiger partial charge in [0, 0.05) is 70.5 Å². The lowest BCUT2D eigenvalue weighted by Crippen LogP contribution is -2.56. The van der Waals surface area contributed by atoms with E-state index in [2.05, 4.69) is 36.9 Å². The number of likely N-dealkylation sites (tertiary alicyclic amines) is 1. The minimum Gasteiger partial charge on any atom is -0.353 e. The second-order valence-electron chi connectivity index (χ2n) is 13.1. The average molecular weight is 579 g/mol. The number of amides is 1. The van der Waals surface area contributed by atoms with Gasteiger partial charge in [0.05, 0.1) is 23.0 Å². The normalized spacial score (nSPS) is 20.0. The Bertz CT molecular complexity index is 1420. The highest BCUT2D eigenvalue weighted by Gasteiger charge is 2.50. The molecule has 1 amide bonds. The second-order valence-corrected chi connectivity index (χ2v) is 13.1. The highest BCUT2D eigenvalue weighted by atomic mass is 19.1. The van der Waals surface area contributed by atoms with Gasteiger partial charge in [0.2, 0.25) is 0 Å². The zero-order valence-electron chi connectivity index (χ0n) is 26.5. The zero-order chi connectivity index (χ0) is 30.3. The molecule has 0 bridgehead atoms. The molecule has 1 unspecified atom stereocenters. The van der Waals surface area contributed by atoms with Crippen LogP contribution >= 0.6 is 0 Å². The summed E-state index contributed by atoms with van der Waals surface area (Å²) in [6.07, 6.45) is 9.88. The Kier molecular flexibility index (Phi) is 8.80. The molecule has 2 aliphatic rings. The maximum Gasteiger partial charge on any atom is 0.256 e. The van der Waals surface area contributed by atoms with Crippen LogP contribution in [0.25, 0.3) is 16.6 Å². The third-order valence-corrected chi connectivity index (χ3v) is 9.83. The molecule has 1 saturated heterocycles. The number of ether oxygens (including phenoxy) is 2. The molecule has 2 atom stereocenters. The largest absolute Gasteiger partial charge is 0.353 e. The number of carbonyl (C=O) groups is 1. The Balaban J connectivity index is 1.43. The van der Waals surface area contributed by atoms with Gasteiger partial charge in [-0.1, -0.05) is 13.8 Å². The monoisotopic (exact) mass is 578 g/mol. The zero-order valence-corrected chi connectivity index (χ0v) is 26.5. The van der Waals surface area contributed by atoms with E-state index in [1.165, 1.54) is 23.1 Å². The van der Waals surface area contributed by atoms with E-state index in [1.54, 1.807) is 32.2 Å². The fourth-order valence-electron chi connectivity index (χ4n) is 7.38. The summed E-state index contributed by atoms with van der Waals surface area (Å²) in [6, 6.07) is 5.00. The third-order valence-electron chi connectivity index (χ3n) is 9.83. The second kappa shape index (κ2) is 12.1. The molecule has 5 rings (SSSR count). The van der Waals surface area contributed by atoms with Gasteiger partial charge in [-0.25, -0.2) is 4.39 Å². The van der Waals surface area contributed by atoms with Gasteiger partial charge < -0.3 is 18.9 Å². The van der Waals surface area contributed by atoms with Crippen molar-refractivity contribution in [1.29, 1.82) is 0 Å². The van der Waals surface area contributed by atoms with Crippen molar-refractivity contribution in [2.45, 2.75) is 78.2 Å². The van der Waals surface area contributed by atoms with Crippen molar-refractivity contribution in [1.82, 2.24) is 19.4 Å². The SMILES string of the molecule is COC1(OC)CC(C(C(C)C)N2CC[C@H](Cc3cn(-c4ccc(F)cc4C(=O)N(C)C(C)C)c4cncc(C)c34)C2)C1. The van der Waals surface area contributed by atoms with Crippen LogP contribution in [0.2, 0.25) is 0 Å². The van der Waals surface area contributed by atoms with Gasteiger partial charge in [-0.2, -0.15) is 0 Å². The van der Waals surface area contributed by atoms with Gasteiger partial charge in [0.25, 0.3) is 5.91 Å². The van der Waals surface area contributed by atoms with Crippen molar-refractivity contribution in [3.63, 3.8) is 0 Å². The Hall–Kier alpha value is -2.81. The number of aryl methyl sites for hydroxylation is 1. The first-order valence-electron chi connectivity index (χ1n) is 15.3. The summed E-state index contributed by atoms with van der Waals surface area (Å²) >= 11 is 0. The number of hydrogen-bond acceptors (Lipinski definition) is 5. The van der Waals surface area contributed by atoms with Crippen LogP contribution in [-0.4, -0.2) is 77.5 Å². The molecule has 2 aromatic heterocycles. The Morgan fingerprint density at radius 2 is 1.88 bits per heavy atom. The molecular weight excluding hydrogens is 531 g/mol. The third kappa shape index (κ3) is 5.61. The highest BCUT2D eigenvalue weighted by Crippen LogP contribution is 2.46. The van der Waals surface area contributed by atoms with Crippen LogP contribution in [0.5, 0.6) is 0 Å². The number of rotatable bonds is 10. The Morgan fingerprint density at radius 1 is 1.17 bits per heavy atom. The Morgan fingerprint density at radius 3 is 2.52 bits per heavy atom. The van der Waals surface area contributed by atoms with Crippen LogP contribution in [-0.2, 0) is 15.9 Å². The van der Waals surface area contributed by atoms with Gasteiger partial charge in [0.1, 0.15) is 5.82 Å². The van der Waals surface area contributed by atoms with Crippen molar-refractivity contribution in [2.75, 3.05) is 34.4 Å². The van der Waals surface area contributed by atoms with Gasteiger partial charge in [-0.15, -0.1) is 0 Å². The lowest BCUT2D eigenvalue weighted by atomic mass is 9.70. The molecule has 0 N–H and O–H groups in total. The van der Waals surface area contributed by atoms with E-state index < -0.39 is 11.6 Å². The Labute approximate surface area is 250 Å². The van der Waals surface area contributed by atoms with Crippen molar-refractivity contribution >= 4 is 16.8 Å². The van der Waals surface area contributed by atoms with E-state index in [-0.39, 0.29) is 11.9 Å². The molecule has 0 radical (unpaired) electrons. The molecule has 8 heteroatoms. The van der Waals surface area contributed by atoms with E-state index in [4.69, 9.17) is 9.47 Å². The highest BCUT2D eigenvalue weighted by molar-refractivity contribution is 5.99. The molecule has 228 valence electrons. The molecule has 3 heterocycles. The maximum absolute atomic E-state index is 14.5. The smallest absolute Gasteiger partial charge is 0.256 e.